The average molecular weight is 456 g/mol. The van der Waals surface area contributed by atoms with Crippen molar-refractivity contribution in [1.82, 2.24) is 0 Å². The zero-order valence-electron chi connectivity index (χ0n) is 18.9. The van der Waals surface area contributed by atoms with Gasteiger partial charge in [0.25, 0.3) is 0 Å². The zero-order chi connectivity index (χ0) is 23.3. The van der Waals surface area contributed by atoms with Gasteiger partial charge in [0.15, 0.2) is 17.6 Å². The summed E-state index contributed by atoms with van der Waals surface area (Å²) < 4.78 is 48.3. The second-order valence-corrected chi connectivity index (χ2v) is 8.37. The summed E-state index contributed by atoms with van der Waals surface area (Å²) in [6.07, 6.45) is -0.272. The lowest BCUT2D eigenvalue weighted by Crippen LogP contribution is -2.34. The SMILES string of the molecule is COc1cc2c(cc1OC)C1=C(OC(C)=O)c3ccc4c(c3O[C@@H]1CO2)C[C@H](C(C)CF)O4. The fourth-order valence-corrected chi connectivity index (χ4v) is 4.56. The van der Waals surface area contributed by atoms with Gasteiger partial charge in [0.2, 0.25) is 0 Å². The van der Waals surface area contributed by atoms with E-state index < -0.39 is 18.7 Å². The summed E-state index contributed by atoms with van der Waals surface area (Å²) in [7, 11) is 3.11. The van der Waals surface area contributed by atoms with Gasteiger partial charge in [-0.25, -0.2) is 0 Å². The van der Waals surface area contributed by atoms with E-state index in [2.05, 4.69) is 0 Å². The van der Waals surface area contributed by atoms with Crippen molar-refractivity contribution in [2.75, 3.05) is 27.5 Å². The van der Waals surface area contributed by atoms with Crippen LogP contribution < -0.4 is 23.7 Å². The van der Waals surface area contributed by atoms with Crippen molar-refractivity contribution < 1.29 is 37.6 Å². The van der Waals surface area contributed by atoms with Crippen molar-refractivity contribution in [3.8, 4) is 28.7 Å². The molecular formula is C25H25FO7. The number of fused-ring (bicyclic) bond motifs is 6. The van der Waals surface area contributed by atoms with Crippen LogP contribution >= 0.6 is 0 Å². The summed E-state index contributed by atoms with van der Waals surface area (Å²) in [5.74, 6) is 2.59. The molecule has 0 aliphatic carbocycles. The molecule has 0 spiro atoms. The number of carbonyl (C=O) groups is 1. The lowest BCUT2D eigenvalue weighted by Gasteiger charge is -2.35. The van der Waals surface area contributed by atoms with Crippen LogP contribution in [0.3, 0.4) is 0 Å². The normalized spacial score (nSPS) is 20.8. The molecular weight excluding hydrogens is 431 g/mol. The van der Waals surface area contributed by atoms with Gasteiger partial charge in [0.05, 0.1) is 32.0 Å². The van der Waals surface area contributed by atoms with Gasteiger partial charge in [-0.1, -0.05) is 6.92 Å². The van der Waals surface area contributed by atoms with Gasteiger partial charge < -0.3 is 28.4 Å². The minimum absolute atomic E-state index is 0.219. The van der Waals surface area contributed by atoms with Crippen molar-refractivity contribution in [3.63, 3.8) is 0 Å². The molecule has 2 aromatic carbocycles. The molecule has 0 bridgehead atoms. The predicted octanol–water partition coefficient (Wildman–Crippen LogP) is 4.20. The number of halogens is 1. The van der Waals surface area contributed by atoms with Crippen LogP contribution in [0.25, 0.3) is 11.3 Å². The van der Waals surface area contributed by atoms with Crippen LogP contribution in [0.1, 0.15) is 30.5 Å². The molecule has 0 amide bonds. The molecule has 2 aromatic rings. The first-order valence-corrected chi connectivity index (χ1v) is 10.8. The van der Waals surface area contributed by atoms with Gasteiger partial charge in [-0.3, -0.25) is 9.18 Å². The minimum atomic E-state index is -0.512. The molecule has 0 saturated carbocycles. The van der Waals surface area contributed by atoms with Gasteiger partial charge >= 0.3 is 5.97 Å². The van der Waals surface area contributed by atoms with Crippen LogP contribution in [-0.4, -0.2) is 45.7 Å². The highest BCUT2D eigenvalue weighted by Crippen LogP contribution is 2.52. The number of alkyl halides is 1. The van der Waals surface area contributed by atoms with Crippen molar-refractivity contribution in [1.29, 1.82) is 0 Å². The third-order valence-electron chi connectivity index (χ3n) is 6.26. The highest BCUT2D eigenvalue weighted by Gasteiger charge is 2.41. The van der Waals surface area contributed by atoms with Gasteiger partial charge in [0, 0.05) is 36.5 Å². The first-order chi connectivity index (χ1) is 15.9. The number of carbonyl (C=O) groups excluding carboxylic acids is 1. The molecule has 7 nitrogen and oxygen atoms in total. The highest BCUT2D eigenvalue weighted by molar-refractivity contribution is 5.99. The summed E-state index contributed by atoms with van der Waals surface area (Å²) >= 11 is 0. The van der Waals surface area contributed by atoms with Gasteiger partial charge in [-0.05, 0) is 18.2 Å². The zero-order valence-corrected chi connectivity index (χ0v) is 18.9. The Morgan fingerprint density at radius 3 is 2.58 bits per heavy atom. The first kappa shape index (κ1) is 21.4. The second-order valence-electron chi connectivity index (χ2n) is 8.37. The Balaban J connectivity index is 1.68. The van der Waals surface area contributed by atoms with E-state index >= 15 is 0 Å². The summed E-state index contributed by atoms with van der Waals surface area (Å²) in [5, 5.41) is 0. The Bertz CT molecular complexity index is 1160. The molecule has 0 saturated heterocycles. The summed E-state index contributed by atoms with van der Waals surface area (Å²) in [6, 6.07) is 7.18. The van der Waals surface area contributed by atoms with E-state index in [-0.39, 0.29) is 18.6 Å². The van der Waals surface area contributed by atoms with E-state index in [1.807, 2.05) is 19.1 Å². The third-order valence-corrected chi connectivity index (χ3v) is 6.26. The molecule has 0 aromatic heterocycles. The van der Waals surface area contributed by atoms with E-state index in [1.165, 1.54) is 6.92 Å². The van der Waals surface area contributed by atoms with Crippen LogP contribution in [-0.2, 0) is 16.0 Å². The molecule has 1 unspecified atom stereocenters. The quantitative estimate of drug-likeness (QED) is 0.625. The lowest BCUT2D eigenvalue weighted by atomic mass is 9.89. The van der Waals surface area contributed by atoms with Gasteiger partial charge in [0.1, 0.15) is 35.7 Å². The average Bonchev–Trinajstić information content (AvgIpc) is 3.26. The molecule has 0 radical (unpaired) electrons. The molecule has 33 heavy (non-hydrogen) atoms. The Morgan fingerprint density at radius 1 is 1.12 bits per heavy atom. The second kappa shape index (κ2) is 8.17. The fraction of sp³-hybridized carbons (Fsp3) is 0.400. The number of hydrogen-bond donors (Lipinski definition) is 0. The van der Waals surface area contributed by atoms with Crippen LogP contribution in [0, 0.1) is 5.92 Å². The van der Waals surface area contributed by atoms with E-state index in [4.69, 9.17) is 28.4 Å². The third kappa shape index (κ3) is 3.44. The maximum atomic E-state index is 13.3. The topological polar surface area (TPSA) is 72.5 Å². The van der Waals surface area contributed by atoms with Crippen molar-refractivity contribution in [2.45, 2.75) is 32.5 Å². The van der Waals surface area contributed by atoms with Gasteiger partial charge in [-0.2, -0.15) is 0 Å². The predicted molar refractivity (Wildman–Crippen MR) is 118 cm³/mol. The molecule has 5 rings (SSSR count). The summed E-state index contributed by atoms with van der Waals surface area (Å²) in [5.41, 5.74) is 2.90. The number of benzene rings is 2. The maximum Gasteiger partial charge on any atom is 0.308 e. The number of rotatable bonds is 5. The number of methoxy groups -OCH3 is 2. The summed E-state index contributed by atoms with van der Waals surface area (Å²) in [6.45, 7) is 2.93. The van der Waals surface area contributed by atoms with Gasteiger partial charge in [-0.15, -0.1) is 0 Å². The highest BCUT2D eigenvalue weighted by atomic mass is 19.1. The van der Waals surface area contributed by atoms with Crippen molar-refractivity contribution in [3.05, 3.63) is 41.0 Å². The van der Waals surface area contributed by atoms with Crippen LogP contribution in [0.15, 0.2) is 24.3 Å². The van der Waals surface area contributed by atoms with E-state index in [1.54, 1.807) is 26.4 Å². The molecule has 3 atom stereocenters. The molecule has 0 N–H and O–H groups in total. The van der Waals surface area contributed by atoms with E-state index in [0.29, 0.717) is 57.6 Å². The van der Waals surface area contributed by atoms with Crippen molar-refractivity contribution in [2.24, 2.45) is 5.92 Å². The Hall–Kier alpha value is -3.42. The number of ether oxygens (including phenoxy) is 6. The lowest BCUT2D eigenvalue weighted by molar-refractivity contribution is -0.134. The standard InChI is InChI=1S/C25H25FO7/c1-12(10-26)18-8-16-17(32-18)6-5-14-24(16)33-22-11-30-19-9-21(29-4)20(28-3)7-15(19)23(22)25(14)31-13(2)27/h5-7,9,12,18,22H,8,10-11H2,1-4H3/t12?,18-,22-/m1/s1. The molecule has 3 aliphatic rings. The molecule has 8 heteroatoms. The fourth-order valence-electron chi connectivity index (χ4n) is 4.56. The van der Waals surface area contributed by atoms with Crippen LogP contribution in [0.4, 0.5) is 4.39 Å². The number of hydrogen-bond acceptors (Lipinski definition) is 7. The Kier molecular flexibility index (Phi) is 5.31. The van der Waals surface area contributed by atoms with Crippen molar-refractivity contribution >= 4 is 17.3 Å². The molecule has 0 fully saturated rings. The first-order valence-electron chi connectivity index (χ1n) is 10.8. The Morgan fingerprint density at radius 2 is 1.88 bits per heavy atom. The maximum absolute atomic E-state index is 13.3. The Labute approximate surface area is 191 Å². The van der Waals surface area contributed by atoms with E-state index in [9.17, 15) is 9.18 Å². The summed E-state index contributed by atoms with van der Waals surface area (Å²) in [4.78, 5) is 12.1. The molecule has 174 valence electrons. The smallest absolute Gasteiger partial charge is 0.308 e. The van der Waals surface area contributed by atoms with Crippen LogP contribution in [0.2, 0.25) is 0 Å². The molecule has 3 heterocycles. The number of esters is 1. The largest absolute Gasteiger partial charge is 0.493 e. The van der Waals surface area contributed by atoms with E-state index in [0.717, 1.165) is 5.56 Å². The minimum Gasteiger partial charge on any atom is -0.493 e. The molecule has 3 aliphatic heterocycles. The van der Waals surface area contributed by atoms with Crippen LogP contribution in [0.5, 0.6) is 28.7 Å². The monoisotopic (exact) mass is 456 g/mol.